The number of nitro groups is 1. The van der Waals surface area contributed by atoms with Gasteiger partial charge in [0.2, 0.25) is 5.91 Å². The van der Waals surface area contributed by atoms with Crippen molar-refractivity contribution in [3.8, 4) is 0 Å². The molecule has 0 saturated heterocycles. The van der Waals surface area contributed by atoms with Crippen LogP contribution in [0.1, 0.15) is 16.8 Å². The molecule has 0 saturated carbocycles. The number of carbonyl (C=O) groups excluding carboxylic acids is 1. The van der Waals surface area contributed by atoms with Gasteiger partial charge in [0.1, 0.15) is 18.4 Å². The normalized spacial score (nSPS) is 10.7. The highest BCUT2D eigenvalue weighted by Crippen LogP contribution is 2.16. The van der Waals surface area contributed by atoms with E-state index in [1.165, 1.54) is 10.2 Å². The zero-order valence-electron chi connectivity index (χ0n) is 14.4. The van der Waals surface area contributed by atoms with Gasteiger partial charge >= 0.3 is 5.69 Å². The molecule has 134 valence electrons. The lowest BCUT2D eigenvalue weighted by Crippen LogP contribution is -2.20. The first-order valence-electron chi connectivity index (χ1n) is 7.98. The van der Waals surface area contributed by atoms with E-state index in [-0.39, 0.29) is 18.1 Å². The van der Waals surface area contributed by atoms with Crippen molar-refractivity contribution in [2.45, 2.75) is 26.9 Å². The summed E-state index contributed by atoms with van der Waals surface area (Å²) in [5.41, 5.74) is 2.52. The molecule has 1 amide bonds. The fourth-order valence-corrected chi connectivity index (χ4v) is 2.49. The molecule has 1 aromatic carbocycles. The number of anilines is 1. The van der Waals surface area contributed by atoms with Crippen LogP contribution in [-0.4, -0.2) is 30.4 Å². The fraction of sp³-hybridized carbons (Fsp3) is 0.235. The Kier molecular flexibility index (Phi) is 4.78. The smallest absolute Gasteiger partial charge is 0.308 e. The molecule has 2 heterocycles. The number of rotatable bonds is 6. The molecule has 26 heavy (non-hydrogen) atoms. The third-order valence-corrected chi connectivity index (χ3v) is 3.94. The zero-order chi connectivity index (χ0) is 18.7. The first-order valence-corrected chi connectivity index (χ1v) is 7.98. The molecule has 9 heteroatoms. The summed E-state index contributed by atoms with van der Waals surface area (Å²) in [5.74, 6) is 0.0631. The largest absolute Gasteiger partial charge is 0.309 e. The van der Waals surface area contributed by atoms with E-state index in [2.05, 4.69) is 15.5 Å². The van der Waals surface area contributed by atoms with Gasteiger partial charge in [-0.05, 0) is 19.4 Å². The van der Waals surface area contributed by atoms with E-state index in [4.69, 9.17) is 0 Å². The van der Waals surface area contributed by atoms with Crippen molar-refractivity contribution in [2.24, 2.45) is 0 Å². The van der Waals surface area contributed by atoms with Crippen LogP contribution in [0.5, 0.6) is 0 Å². The summed E-state index contributed by atoms with van der Waals surface area (Å²) in [5, 5.41) is 21.7. The van der Waals surface area contributed by atoms with Gasteiger partial charge in [0, 0.05) is 12.3 Å². The Labute approximate surface area is 149 Å². The SMILES string of the molecule is Cc1ccc(Cn2ccc(NC(=O)Cn3ncc([N+](=O)[O-])c3C)n2)cc1. The van der Waals surface area contributed by atoms with E-state index < -0.39 is 4.92 Å². The van der Waals surface area contributed by atoms with Crippen molar-refractivity contribution in [1.29, 1.82) is 0 Å². The van der Waals surface area contributed by atoms with Gasteiger partial charge in [-0.3, -0.25) is 24.3 Å². The number of nitrogens with zero attached hydrogens (tertiary/aromatic N) is 5. The maximum Gasteiger partial charge on any atom is 0.309 e. The minimum absolute atomic E-state index is 0.111. The number of hydrogen-bond acceptors (Lipinski definition) is 5. The van der Waals surface area contributed by atoms with E-state index in [1.54, 1.807) is 23.9 Å². The van der Waals surface area contributed by atoms with Gasteiger partial charge in [0.15, 0.2) is 5.82 Å². The first-order chi connectivity index (χ1) is 12.4. The Morgan fingerprint density at radius 2 is 1.96 bits per heavy atom. The van der Waals surface area contributed by atoms with E-state index in [0.29, 0.717) is 18.1 Å². The van der Waals surface area contributed by atoms with E-state index in [9.17, 15) is 14.9 Å². The molecule has 3 rings (SSSR count). The summed E-state index contributed by atoms with van der Waals surface area (Å²) in [4.78, 5) is 22.4. The van der Waals surface area contributed by atoms with Crippen molar-refractivity contribution < 1.29 is 9.72 Å². The molecule has 0 fully saturated rings. The third-order valence-electron chi connectivity index (χ3n) is 3.94. The Bertz CT molecular complexity index is 942. The van der Waals surface area contributed by atoms with Crippen molar-refractivity contribution in [2.75, 3.05) is 5.32 Å². The number of aromatic nitrogens is 4. The lowest BCUT2D eigenvalue weighted by Gasteiger charge is -2.05. The van der Waals surface area contributed by atoms with Crippen molar-refractivity contribution in [3.05, 3.63) is 69.7 Å². The lowest BCUT2D eigenvalue weighted by atomic mass is 10.1. The molecular formula is C17H18N6O3. The molecular weight excluding hydrogens is 336 g/mol. The molecule has 0 spiro atoms. The van der Waals surface area contributed by atoms with Crippen molar-refractivity contribution in [1.82, 2.24) is 19.6 Å². The van der Waals surface area contributed by atoms with Crippen molar-refractivity contribution in [3.63, 3.8) is 0 Å². The minimum Gasteiger partial charge on any atom is -0.308 e. The summed E-state index contributed by atoms with van der Waals surface area (Å²) in [7, 11) is 0. The second-order valence-electron chi connectivity index (χ2n) is 5.96. The monoisotopic (exact) mass is 354 g/mol. The third kappa shape index (κ3) is 3.94. The molecule has 2 aromatic heterocycles. The number of amides is 1. The van der Waals surface area contributed by atoms with Gasteiger partial charge in [0.05, 0.1) is 11.5 Å². The molecule has 0 aliphatic rings. The van der Waals surface area contributed by atoms with Crippen molar-refractivity contribution >= 4 is 17.4 Å². The fourth-order valence-electron chi connectivity index (χ4n) is 2.49. The quantitative estimate of drug-likeness (QED) is 0.540. The van der Waals surface area contributed by atoms with E-state index in [0.717, 1.165) is 11.8 Å². The molecule has 0 aliphatic heterocycles. The van der Waals surface area contributed by atoms with Crippen LogP contribution >= 0.6 is 0 Å². The number of aryl methyl sites for hydroxylation is 1. The van der Waals surface area contributed by atoms with E-state index in [1.807, 2.05) is 31.2 Å². The summed E-state index contributed by atoms with van der Waals surface area (Å²) < 4.78 is 3.01. The van der Waals surface area contributed by atoms with Gasteiger partial charge in [0.25, 0.3) is 0 Å². The highest BCUT2D eigenvalue weighted by molar-refractivity contribution is 5.89. The predicted octanol–water partition coefficient (Wildman–Crippen LogP) is 2.29. The maximum absolute atomic E-state index is 12.1. The number of carbonyl (C=O) groups is 1. The molecule has 9 nitrogen and oxygen atoms in total. The Morgan fingerprint density at radius 1 is 1.23 bits per heavy atom. The molecule has 0 bridgehead atoms. The van der Waals surface area contributed by atoms with Gasteiger partial charge in [-0.1, -0.05) is 29.8 Å². The molecule has 0 aliphatic carbocycles. The highest BCUT2D eigenvalue weighted by atomic mass is 16.6. The summed E-state index contributed by atoms with van der Waals surface area (Å²) in [6, 6.07) is 9.83. The molecule has 0 radical (unpaired) electrons. The van der Waals surface area contributed by atoms with Crippen LogP contribution in [0.4, 0.5) is 11.5 Å². The van der Waals surface area contributed by atoms with Crippen LogP contribution in [0.25, 0.3) is 0 Å². The summed E-state index contributed by atoms with van der Waals surface area (Å²) in [6.45, 7) is 4.06. The average molecular weight is 354 g/mol. The summed E-state index contributed by atoms with van der Waals surface area (Å²) in [6.07, 6.45) is 2.92. The van der Waals surface area contributed by atoms with Crippen LogP contribution < -0.4 is 5.32 Å². The predicted molar refractivity (Wildman–Crippen MR) is 94.8 cm³/mol. The van der Waals surface area contributed by atoms with Gasteiger partial charge in [-0.2, -0.15) is 10.2 Å². The number of nitrogens with one attached hydrogen (secondary N) is 1. The number of benzene rings is 1. The lowest BCUT2D eigenvalue weighted by molar-refractivity contribution is -0.385. The average Bonchev–Trinajstić information content (AvgIpc) is 3.17. The van der Waals surface area contributed by atoms with Gasteiger partial charge < -0.3 is 5.32 Å². The standard InChI is InChI=1S/C17H18N6O3/c1-12-3-5-14(6-4-12)10-21-8-7-16(20-21)19-17(24)11-22-13(2)15(9-18-22)23(25)26/h3-9H,10-11H2,1-2H3,(H,19,20,24). The minimum atomic E-state index is -0.524. The second kappa shape index (κ2) is 7.18. The Hall–Kier alpha value is -3.49. The first kappa shape index (κ1) is 17.3. The van der Waals surface area contributed by atoms with Crippen LogP contribution in [-0.2, 0) is 17.9 Å². The highest BCUT2D eigenvalue weighted by Gasteiger charge is 2.18. The maximum atomic E-state index is 12.1. The Morgan fingerprint density at radius 3 is 2.62 bits per heavy atom. The van der Waals surface area contributed by atoms with Crippen LogP contribution in [0.15, 0.2) is 42.7 Å². The van der Waals surface area contributed by atoms with Gasteiger partial charge in [-0.15, -0.1) is 0 Å². The zero-order valence-corrected chi connectivity index (χ0v) is 14.4. The van der Waals surface area contributed by atoms with Gasteiger partial charge in [-0.25, -0.2) is 0 Å². The molecule has 3 aromatic rings. The Balaban J connectivity index is 1.61. The summed E-state index contributed by atoms with van der Waals surface area (Å²) >= 11 is 0. The topological polar surface area (TPSA) is 108 Å². The second-order valence-corrected chi connectivity index (χ2v) is 5.96. The molecule has 1 N–H and O–H groups in total. The molecule has 0 atom stereocenters. The van der Waals surface area contributed by atoms with Crippen LogP contribution in [0.2, 0.25) is 0 Å². The molecule has 0 unspecified atom stereocenters. The van der Waals surface area contributed by atoms with Crippen LogP contribution in [0.3, 0.4) is 0 Å². The van der Waals surface area contributed by atoms with E-state index >= 15 is 0 Å². The number of hydrogen-bond donors (Lipinski definition) is 1. The van der Waals surface area contributed by atoms with Crippen LogP contribution in [0, 0.1) is 24.0 Å².